The molecule has 0 aromatic heterocycles. The zero-order valence-electron chi connectivity index (χ0n) is 12.0. The Labute approximate surface area is 128 Å². The molecule has 2 heterocycles. The average Bonchev–Trinajstić information content (AvgIpc) is 2.55. The number of nitrogens with one attached hydrogen (secondary N) is 1. The smallest absolute Gasteiger partial charge is 0.166 e. The summed E-state index contributed by atoms with van der Waals surface area (Å²) in [5.41, 5.74) is 2.99. The lowest BCUT2D eigenvalue weighted by Crippen LogP contribution is -2.31. The largest absolute Gasteiger partial charge is 0.504 e. The molecule has 0 saturated heterocycles. The molecule has 5 heteroatoms. The van der Waals surface area contributed by atoms with Crippen LogP contribution in [-0.2, 0) is 6.42 Å². The fourth-order valence-corrected chi connectivity index (χ4v) is 3.18. The standard InChI is InChI=1S/C17H17NO4/c19-13-8-10-4-5-18-16(12(10)9-14(13)20)11-2-1-3-15-17(11)22-7-6-21-15/h1-3,8-9,16,18-20H,4-7H2. The molecule has 1 unspecified atom stereocenters. The van der Waals surface area contributed by atoms with Crippen LogP contribution >= 0.6 is 0 Å². The predicted octanol–water partition coefficient (Wildman–Crippen LogP) is 2.10. The Balaban J connectivity index is 1.84. The molecule has 2 aliphatic rings. The van der Waals surface area contributed by atoms with Gasteiger partial charge in [0.25, 0.3) is 0 Å². The van der Waals surface area contributed by atoms with Crippen molar-refractivity contribution in [1.29, 1.82) is 0 Å². The molecule has 0 radical (unpaired) electrons. The van der Waals surface area contributed by atoms with Crippen molar-refractivity contribution in [3.05, 3.63) is 47.0 Å². The average molecular weight is 299 g/mol. The van der Waals surface area contributed by atoms with Crippen LogP contribution in [0.3, 0.4) is 0 Å². The summed E-state index contributed by atoms with van der Waals surface area (Å²) < 4.78 is 11.4. The molecule has 1 atom stereocenters. The SMILES string of the molecule is Oc1cc2c(cc1O)C(c1cccc3c1OCCO3)NCC2. The van der Waals surface area contributed by atoms with Crippen molar-refractivity contribution in [3.63, 3.8) is 0 Å². The maximum atomic E-state index is 9.84. The highest BCUT2D eigenvalue weighted by atomic mass is 16.6. The van der Waals surface area contributed by atoms with E-state index in [1.165, 1.54) is 0 Å². The van der Waals surface area contributed by atoms with E-state index in [0.717, 1.165) is 41.2 Å². The van der Waals surface area contributed by atoms with E-state index in [2.05, 4.69) is 5.32 Å². The van der Waals surface area contributed by atoms with Crippen molar-refractivity contribution < 1.29 is 19.7 Å². The maximum Gasteiger partial charge on any atom is 0.166 e. The van der Waals surface area contributed by atoms with Gasteiger partial charge in [0.05, 0.1) is 6.04 Å². The van der Waals surface area contributed by atoms with Gasteiger partial charge in [0.1, 0.15) is 13.2 Å². The lowest BCUT2D eigenvalue weighted by atomic mass is 9.88. The summed E-state index contributed by atoms with van der Waals surface area (Å²) >= 11 is 0. The summed E-state index contributed by atoms with van der Waals surface area (Å²) in [6.07, 6.45) is 0.812. The summed E-state index contributed by atoms with van der Waals surface area (Å²) in [6.45, 7) is 1.89. The van der Waals surface area contributed by atoms with E-state index in [-0.39, 0.29) is 17.5 Å². The van der Waals surface area contributed by atoms with Gasteiger partial charge in [0.2, 0.25) is 0 Å². The number of benzene rings is 2. The van der Waals surface area contributed by atoms with Crippen LogP contribution in [0.25, 0.3) is 0 Å². The van der Waals surface area contributed by atoms with Crippen LogP contribution in [0.2, 0.25) is 0 Å². The lowest BCUT2D eigenvalue weighted by Gasteiger charge is -2.30. The van der Waals surface area contributed by atoms with E-state index in [9.17, 15) is 10.2 Å². The van der Waals surface area contributed by atoms with Gasteiger partial charge in [-0.05, 0) is 35.7 Å². The van der Waals surface area contributed by atoms with Gasteiger partial charge < -0.3 is 25.0 Å². The summed E-state index contributed by atoms with van der Waals surface area (Å²) in [5.74, 6) is 1.33. The second-order valence-electron chi connectivity index (χ2n) is 5.55. The van der Waals surface area contributed by atoms with E-state index in [1.807, 2.05) is 18.2 Å². The molecular weight excluding hydrogens is 282 g/mol. The molecule has 2 aliphatic heterocycles. The second-order valence-corrected chi connectivity index (χ2v) is 5.55. The highest BCUT2D eigenvalue weighted by Crippen LogP contribution is 2.42. The minimum absolute atomic E-state index is 0.0749. The fourth-order valence-electron chi connectivity index (χ4n) is 3.18. The molecular formula is C17H17NO4. The van der Waals surface area contributed by atoms with Gasteiger partial charge in [0.15, 0.2) is 23.0 Å². The molecule has 0 amide bonds. The molecule has 3 N–H and O–H groups in total. The van der Waals surface area contributed by atoms with Crippen LogP contribution in [-0.4, -0.2) is 30.0 Å². The summed E-state index contributed by atoms with van der Waals surface area (Å²) in [6, 6.07) is 9.03. The van der Waals surface area contributed by atoms with Crippen LogP contribution in [0.15, 0.2) is 30.3 Å². The molecule has 22 heavy (non-hydrogen) atoms. The van der Waals surface area contributed by atoms with Crippen LogP contribution in [0.1, 0.15) is 22.7 Å². The Morgan fingerprint density at radius 1 is 1.00 bits per heavy atom. The number of ether oxygens (including phenoxy) is 2. The number of phenols is 2. The number of aromatic hydroxyl groups is 2. The molecule has 5 nitrogen and oxygen atoms in total. The number of hydrogen-bond acceptors (Lipinski definition) is 5. The Bertz CT molecular complexity index is 729. The van der Waals surface area contributed by atoms with Gasteiger partial charge in [0, 0.05) is 12.1 Å². The Kier molecular flexibility index (Phi) is 3.08. The zero-order chi connectivity index (χ0) is 15.1. The predicted molar refractivity (Wildman–Crippen MR) is 80.8 cm³/mol. The third kappa shape index (κ3) is 2.05. The second kappa shape index (κ2) is 5.10. The zero-order valence-corrected chi connectivity index (χ0v) is 12.0. The van der Waals surface area contributed by atoms with Crippen molar-refractivity contribution in [2.75, 3.05) is 19.8 Å². The van der Waals surface area contributed by atoms with Gasteiger partial charge in [-0.25, -0.2) is 0 Å². The number of hydrogen-bond donors (Lipinski definition) is 3. The minimum Gasteiger partial charge on any atom is -0.504 e. The normalized spacial score (nSPS) is 19.5. The molecule has 2 aromatic rings. The highest BCUT2D eigenvalue weighted by molar-refractivity contribution is 5.55. The van der Waals surface area contributed by atoms with Gasteiger partial charge in [-0.1, -0.05) is 12.1 Å². The molecule has 0 fully saturated rings. The van der Waals surface area contributed by atoms with Crippen LogP contribution < -0.4 is 14.8 Å². The number of fused-ring (bicyclic) bond motifs is 2. The number of rotatable bonds is 1. The van der Waals surface area contributed by atoms with Crippen molar-refractivity contribution in [3.8, 4) is 23.0 Å². The minimum atomic E-state index is -0.102. The molecule has 4 rings (SSSR count). The molecule has 114 valence electrons. The van der Waals surface area contributed by atoms with E-state index >= 15 is 0 Å². The Morgan fingerprint density at radius 3 is 2.73 bits per heavy atom. The quantitative estimate of drug-likeness (QED) is 0.704. The summed E-state index contributed by atoms with van der Waals surface area (Å²) in [7, 11) is 0. The van der Waals surface area contributed by atoms with Crippen molar-refractivity contribution in [1.82, 2.24) is 5.32 Å². The van der Waals surface area contributed by atoms with E-state index < -0.39 is 0 Å². The first-order chi connectivity index (χ1) is 10.7. The first kappa shape index (κ1) is 13.3. The van der Waals surface area contributed by atoms with Crippen LogP contribution in [0.4, 0.5) is 0 Å². The molecule has 0 saturated carbocycles. The molecule has 0 bridgehead atoms. The van der Waals surface area contributed by atoms with Crippen LogP contribution in [0, 0.1) is 0 Å². The van der Waals surface area contributed by atoms with Gasteiger partial charge in [-0.15, -0.1) is 0 Å². The number of phenolic OH excluding ortho intramolecular Hbond substituents is 2. The topological polar surface area (TPSA) is 71.0 Å². The third-order valence-corrected chi connectivity index (χ3v) is 4.20. The maximum absolute atomic E-state index is 9.84. The Hall–Kier alpha value is -2.40. The van der Waals surface area contributed by atoms with E-state index in [4.69, 9.17) is 9.47 Å². The fraction of sp³-hybridized carbons (Fsp3) is 0.294. The van der Waals surface area contributed by atoms with Gasteiger partial charge in [-0.3, -0.25) is 0 Å². The molecule has 0 aliphatic carbocycles. The first-order valence-corrected chi connectivity index (χ1v) is 7.40. The van der Waals surface area contributed by atoms with E-state index in [1.54, 1.807) is 12.1 Å². The van der Waals surface area contributed by atoms with Crippen LogP contribution in [0.5, 0.6) is 23.0 Å². The van der Waals surface area contributed by atoms with Crippen molar-refractivity contribution >= 4 is 0 Å². The van der Waals surface area contributed by atoms with Crippen molar-refractivity contribution in [2.45, 2.75) is 12.5 Å². The monoisotopic (exact) mass is 299 g/mol. The Morgan fingerprint density at radius 2 is 1.82 bits per heavy atom. The van der Waals surface area contributed by atoms with Gasteiger partial charge >= 0.3 is 0 Å². The highest BCUT2D eigenvalue weighted by Gasteiger charge is 2.28. The molecule has 2 aromatic carbocycles. The first-order valence-electron chi connectivity index (χ1n) is 7.40. The lowest BCUT2D eigenvalue weighted by molar-refractivity contribution is 0.169. The molecule has 0 spiro atoms. The van der Waals surface area contributed by atoms with E-state index in [0.29, 0.717) is 13.2 Å². The number of para-hydroxylation sites is 1. The van der Waals surface area contributed by atoms with Crippen molar-refractivity contribution in [2.24, 2.45) is 0 Å². The summed E-state index contributed by atoms with van der Waals surface area (Å²) in [4.78, 5) is 0. The van der Waals surface area contributed by atoms with Gasteiger partial charge in [-0.2, -0.15) is 0 Å². The summed E-state index contributed by atoms with van der Waals surface area (Å²) in [5, 5.41) is 23.0. The third-order valence-electron chi connectivity index (χ3n) is 4.20.